The topological polar surface area (TPSA) is 90.0 Å². The molecule has 7 nitrogen and oxygen atoms in total. The van der Waals surface area contributed by atoms with Crippen LogP contribution in [0.1, 0.15) is 19.3 Å². The van der Waals surface area contributed by atoms with Crippen molar-refractivity contribution in [1.82, 2.24) is 15.1 Å². The van der Waals surface area contributed by atoms with Gasteiger partial charge in [-0.3, -0.25) is 4.79 Å². The standard InChI is InChI=1S/C13H19N3O4S/c17-11-2-1-8-5-15(4-3-9(8)14-11)13(20)16-7-21-6-10(16)12(18)19/h8-10H,1-7H2,(H,14,17)(H,18,19)/t8?,9?,10-/m0/s1. The van der Waals surface area contributed by atoms with Gasteiger partial charge in [0.2, 0.25) is 5.91 Å². The van der Waals surface area contributed by atoms with Gasteiger partial charge < -0.3 is 20.2 Å². The predicted molar refractivity (Wildman–Crippen MR) is 76.8 cm³/mol. The monoisotopic (exact) mass is 313 g/mol. The average Bonchev–Trinajstić information content (AvgIpc) is 2.95. The van der Waals surface area contributed by atoms with E-state index in [9.17, 15) is 19.5 Å². The normalized spacial score (nSPS) is 32.6. The quantitative estimate of drug-likeness (QED) is 0.720. The molecular weight excluding hydrogens is 294 g/mol. The van der Waals surface area contributed by atoms with Gasteiger partial charge >= 0.3 is 12.0 Å². The molecule has 3 rings (SSSR count). The smallest absolute Gasteiger partial charge is 0.327 e. The van der Waals surface area contributed by atoms with Gasteiger partial charge in [0.1, 0.15) is 6.04 Å². The summed E-state index contributed by atoms with van der Waals surface area (Å²) in [7, 11) is 0. The molecule has 3 saturated heterocycles. The first-order chi connectivity index (χ1) is 10.1. The minimum atomic E-state index is -0.937. The van der Waals surface area contributed by atoms with E-state index >= 15 is 0 Å². The Balaban J connectivity index is 1.64. The first-order valence-electron chi connectivity index (χ1n) is 7.21. The molecule has 2 unspecified atom stereocenters. The van der Waals surface area contributed by atoms with Gasteiger partial charge in [0.15, 0.2) is 0 Å². The fourth-order valence-electron chi connectivity index (χ4n) is 3.30. The van der Waals surface area contributed by atoms with Crippen molar-refractivity contribution in [1.29, 1.82) is 0 Å². The lowest BCUT2D eigenvalue weighted by molar-refractivity contribution is -0.141. The number of amides is 3. The van der Waals surface area contributed by atoms with Crippen LogP contribution in [-0.4, -0.2) is 69.6 Å². The van der Waals surface area contributed by atoms with Crippen molar-refractivity contribution < 1.29 is 19.5 Å². The number of fused-ring (bicyclic) bond motifs is 1. The van der Waals surface area contributed by atoms with Crippen molar-refractivity contribution in [3.63, 3.8) is 0 Å². The molecule has 0 radical (unpaired) electrons. The first-order valence-corrected chi connectivity index (χ1v) is 8.37. The third kappa shape index (κ3) is 2.81. The number of nitrogens with one attached hydrogen (secondary N) is 1. The Labute approximate surface area is 127 Å². The zero-order valence-electron chi connectivity index (χ0n) is 11.7. The molecule has 3 aliphatic rings. The third-order valence-electron chi connectivity index (χ3n) is 4.51. The summed E-state index contributed by atoms with van der Waals surface area (Å²) >= 11 is 1.47. The molecule has 0 aromatic carbocycles. The fourth-order valence-corrected chi connectivity index (χ4v) is 4.44. The van der Waals surface area contributed by atoms with Crippen molar-refractivity contribution >= 4 is 29.7 Å². The van der Waals surface area contributed by atoms with Crippen LogP contribution in [0.15, 0.2) is 0 Å². The summed E-state index contributed by atoms with van der Waals surface area (Å²) in [6.07, 6.45) is 2.07. The summed E-state index contributed by atoms with van der Waals surface area (Å²) in [5.41, 5.74) is 0. The second-order valence-corrected chi connectivity index (χ2v) is 6.81. The van der Waals surface area contributed by atoms with Crippen LogP contribution in [0, 0.1) is 5.92 Å². The van der Waals surface area contributed by atoms with E-state index in [1.165, 1.54) is 16.7 Å². The van der Waals surface area contributed by atoms with E-state index in [-0.39, 0.29) is 18.0 Å². The minimum absolute atomic E-state index is 0.0953. The molecule has 0 aromatic rings. The SMILES string of the molecule is O=C1CCC2CN(C(=O)N3CSC[C@H]3C(=O)O)CCC2N1. The molecule has 3 amide bonds. The van der Waals surface area contributed by atoms with Gasteiger partial charge in [-0.15, -0.1) is 11.8 Å². The highest BCUT2D eigenvalue weighted by molar-refractivity contribution is 7.99. The van der Waals surface area contributed by atoms with Crippen LogP contribution >= 0.6 is 11.8 Å². The first kappa shape index (κ1) is 14.5. The van der Waals surface area contributed by atoms with E-state index in [0.717, 1.165) is 12.8 Å². The lowest BCUT2D eigenvalue weighted by atomic mass is 9.85. The van der Waals surface area contributed by atoms with E-state index in [1.807, 2.05) is 0 Å². The number of hydrogen-bond donors (Lipinski definition) is 2. The molecule has 3 atom stereocenters. The van der Waals surface area contributed by atoms with E-state index in [0.29, 0.717) is 37.1 Å². The van der Waals surface area contributed by atoms with Crippen LogP contribution in [0.2, 0.25) is 0 Å². The molecule has 116 valence electrons. The van der Waals surface area contributed by atoms with E-state index in [2.05, 4.69) is 5.32 Å². The second kappa shape index (κ2) is 5.75. The number of rotatable bonds is 1. The summed E-state index contributed by atoms with van der Waals surface area (Å²) < 4.78 is 0. The highest BCUT2D eigenvalue weighted by atomic mass is 32.2. The molecule has 0 bridgehead atoms. The maximum atomic E-state index is 12.5. The number of nitrogens with zero attached hydrogens (tertiary/aromatic N) is 2. The van der Waals surface area contributed by atoms with Gasteiger partial charge in [-0.2, -0.15) is 0 Å². The lowest BCUT2D eigenvalue weighted by Crippen LogP contribution is -2.58. The van der Waals surface area contributed by atoms with Crippen LogP contribution in [0.4, 0.5) is 4.79 Å². The number of carbonyl (C=O) groups is 3. The molecule has 0 spiro atoms. The maximum Gasteiger partial charge on any atom is 0.327 e. The number of aliphatic carboxylic acids is 1. The van der Waals surface area contributed by atoms with Gasteiger partial charge in [-0.1, -0.05) is 0 Å². The van der Waals surface area contributed by atoms with E-state index < -0.39 is 12.0 Å². The van der Waals surface area contributed by atoms with Crippen molar-refractivity contribution in [2.24, 2.45) is 5.92 Å². The highest BCUT2D eigenvalue weighted by Crippen LogP contribution is 2.28. The van der Waals surface area contributed by atoms with Gasteiger partial charge in [-0.25, -0.2) is 9.59 Å². The van der Waals surface area contributed by atoms with Crippen LogP contribution in [0.3, 0.4) is 0 Å². The van der Waals surface area contributed by atoms with Gasteiger partial charge in [-0.05, 0) is 18.8 Å². The number of urea groups is 1. The Morgan fingerprint density at radius 1 is 1.33 bits per heavy atom. The Morgan fingerprint density at radius 2 is 2.14 bits per heavy atom. The molecule has 3 heterocycles. The third-order valence-corrected chi connectivity index (χ3v) is 5.52. The lowest BCUT2D eigenvalue weighted by Gasteiger charge is -2.42. The number of likely N-dealkylation sites (tertiary alicyclic amines) is 1. The number of thioether (sulfide) groups is 1. The summed E-state index contributed by atoms with van der Waals surface area (Å²) in [6, 6.07) is -0.729. The van der Waals surface area contributed by atoms with Gasteiger partial charge in [0, 0.05) is 31.3 Å². The van der Waals surface area contributed by atoms with Crippen LogP contribution in [0.5, 0.6) is 0 Å². The molecule has 0 aromatic heterocycles. The largest absolute Gasteiger partial charge is 0.480 e. The summed E-state index contributed by atoms with van der Waals surface area (Å²) in [5, 5.41) is 12.2. The molecule has 2 N–H and O–H groups in total. The zero-order chi connectivity index (χ0) is 15.0. The second-order valence-electron chi connectivity index (χ2n) is 5.81. The molecule has 21 heavy (non-hydrogen) atoms. The highest BCUT2D eigenvalue weighted by Gasteiger charge is 2.40. The summed E-state index contributed by atoms with van der Waals surface area (Å²) in [5.74, 6) is 0.346. The van der Waals surface area contributed by atoms with E-state index in [1.54, 1.807) is 4.90 Å². The van der Waals surface area contributed by atoms with Crippen molar-refractivity contribution in [2.75, 3.05) is 24.7 Å². The van der Waals surface area contributed by atoms with Gasteiger partial charge in [0.25, 0.3) is 0 Å². The molecule has 8 heteroatoms. The number of hydrogen-bond acceptors (Lipinski definition) is 4. The summed E-state index contributed by atoms with van der Waals surface area (Å²) in [6.45, 7) is 1.19. The molecule has 0 saturated carbocycles. The number of piperidine rings is 2. The zero-order valence-corrected chi connectivity index (χ0v) is 12.5. The molecule has 3 fully saturated rings. The van der Waals surface area contributed by atoms with Gasteiger partial charge in [0.05, 0.1) is 5.88 Å². The van der Waals surface area contributed by atoms with Crippen molar-refractivity contribution in [2.45, 2.75) is 31.3 Å². The Hall–Kier alpha value is -1.44. The Bertz CT molecular complexity index is 472. The molecule has 0 aliphatic carbocycles. The minimum Gasteiger partial charge on any atom is -0.480 e. The van der Waals surface area contributed by atoms with Crippen molar-refractivity contribution in [3.05, 3.63) is 0 Å². The van der Waals surface area contributed by atoms with E-state index in [4.69, 9.17) is 0 Å². The Morgan fingerprint density at radius 3 is 2.90 bits per heavy atom. The van der Waals surface area contributed by atoms with Crippen LogP contribution < -0.4 is 5.32 Å². The molecule has 3 aliphatic heterocycles. The fraction of sp³-hybridized carbons (Fsp3) is 0.769. The molecular formula is C13H19N3O4S. The van der Waals surface area contributed by atoms with Crippen LogP contribution in [-0.2, 0) is 9.59 Å². The average molecular weight is 313 g/mol. The number of carboxylic acid groups (broad SMARTS) is 1. The maximum absolute atomic E-state index is 12.5. The predicted octanol–water partition coefficient (Wildman–Crippen LogP) is 0.166. The van der Waals surface area contributed by atoms with Crippen molar-refractivity contribution in [3.8, 4) is 0 Å². The van der Waals surface area contributed by atoms with Crippen LogP contribution in [0.25, 0.3) is 0 Å². The number of carboxylic acids is 1. The Kier molecular flexibility index (Phi) is 3.97. The number of carbonyl (C=O) groups excluding carboxylic acids is 2. The summed E-state index contributed by atoms with van der Waals surface area (Å²) in [4.78, 5) is 38.3.